The smallest absolute Gasteiger partial charge is 0.322 e. The Bertz CT molecular complexity index is 1150. The van der Waals surface area contributed by atoms with Crippen molar-refractivity contribution in [3.63, 3.8) is 0 Å². The molecule has 4 rings (SSSR count). The number of ether oxygens (including phenoxy) is 1. The number of para-hydroxylation sites is 1. The van der Waals surface area contributed by atoms with Crippen molar-refractivity contribution in [3.8, 4) is 0 Å². The summed E-state index contributed by atoms with van der Waals surface area (Å²) in [5.74, 6) is 0.498. The molecule has 10 heteroatoms. The lowest BCUT2D eigenvalue weighted by Crippen LogP contribution is -2.48. The summed E-state index contributed by atoms with van der Waals surface area (Å²) in [6, 6.07) is 18.2. The Kier molecular flexibility index (Phi) is 10.5. The van der Waals surface area contributed by atoms with E-state index in [0.717, 1.165) is 18.7 Å². The van der Waals surface area contributed by atoms with E-state index in [1.54, 1.807) is 35.4 Å². The van der Waals surface area contributed by atoms with Gasteiger partial charge in [-0.05, 0) is 36.2 Å². The Morgan fingerprint density at radius 1 is 0.895 bits per heavy atom. The van der Waals surface area contributed by atoms with E-state index >= 15 is 0 Å². The van der Waals surface area contributed by atoms with Gasteiger partial charge in [0.05, 0.1) is 41.8 Å². The monoisotopic (exact) mass is 558 g/mol. The molecule has 0 bridgehead atoms. The Balaban J connectivity index is 1.48. The third-order valence-corrected chi connectivity index (χ3v) is 7.02. The number of anilines is 1. The second-order valence-corrected chi connectivity index (χ2v) is 9.85. The molecule has 38 heavy (non-hydrogen) atoms. The molecule has 3 amide bonds. The number of carbonyl (C=O) groups is 2. The van der Waals surface area contributed by atoms with Crippen LogP contribution >= 0.6 is 23.2 Å². The average Bonchev–Trinajstić information content (AvgIpc) is 3.45. The second kappa shape index (κ2) is 14.2. The van der Waals surface area contributed by atoms with Gasteiger partial charge in [0.2, 0.25) is 5.91 Å². The Hall–Kier alpha value is -3.04. The van der Waals surface area contributed by atoms with Crippen LogP contribution < -0.4 is 5.32 Å². The first-order chi connectivity index (χ1) is 18.5. The fourth-order valence-electron chi connectivity index (χ4n) is 4.20. The molecule has 3 aromatic rings. The van der Waals surface area contributed by atoms with Crippen LogP contribution in [0.25, 0.3) is 0 Å². The van der Waals surface area contributed by atoms with Gasteiger partial charge in [0.25, 0.3) is 0 Å². The molecule has 1 aromatic heterocycles. The van der Waals surface area contributed by atoms with E-state index in [4.69, 9.17) is 32.4 Å². The van der Waals surface area contributed by atoms with Crippen molar-refractivity contribution in [2.24, 2.45) is 0 Å². The molecule has 1 N–H and O–H groups in total. The molecule has 8 nitrogen and oxygen atoms in total. The molecule has 0 atom stereocenters. The van der Waals surface area contributed by atoms with Crippen LogP contribution in [-0.2, 0) is 22.5 Å². The van der Waals surface area contributed by atoms with Gasteiger partial charge in [-0.25, -0.2) is 4.79 Å². The molecular formula is C28H32Cl2N4O4. The standard InChI is InChI=1S/C28H32Cl2N4O4/c29-24-9-4-10-25(30)27(24)31-28(36)34(14-13-32-15-18-37-19-16-32)21-26(35)33(20-23-8-5-17-38-23)12-11-22-6-2-1-3-7-22/h1-10,17H,11-16,18-21H2,(H,31,36). The molecule has 2 heterocycles. The molecule has 1 saturated heterocycles. The fraction of sp³-hybridized carbons (Fsp3) is 0.357. The number of carbonyl (C=O) groups excluding carboxylic acids is 2. The van der Waals surface area contributed by atoms with Gasteiger partial charge in [-0.3, -0.25) is 9.69 Å². The van der Waals surface area contributed by atoms with Gasteiger partial charge >= 0.3 is 6.03 Å². The van der Waals surface area contributed by atoms with E-state index in [1.807, 2.05) is 36.4 Å². The quantitative estimate of drug-likeness (QED) is 0.357. The summed E-state index contributed by atoms with van der Waals surface area (Å²) in [5, 5.41) is 3.46. The topological polar surface area (TPSA) is 78.3 Å². The summed E-state index contributed by atoms with van der Waals surface area (Å²) >= 11 is 12.6. The summed E-state index contributed by atoms with van der Waals surface area (Å²) in [7, 11) is 0. The molecule has 0 radical (unpaired) electrons. The van der Waals surface area contributed by atoms with Gasteiger partial charge in [0.1, 0.15) is 12.3 Å². The second-order valence-electron chi connectivity index (χ2n) is 9.03. The number of amides is 3. The predicted molar refractivity (Wildman–Crippen MR) is 149 cm³/mol. The number of nitrogens with one attached hydrogen (secondary N) is 1. The number of benzene rings is 2. The molecule has 1 fully saturated rings. The highest BCUT2D eigenvalue weighted by atomic mass is 35.5. The molecule has 1 aliphatic rings. The number of furan rings is 1. The van der Waals surface area contributed by atoms with Gasteiger partial charge in [-0.1, -0.05) is 59.6 Å². The molecule has 0 saturated carbocycles. The highest BCUT2D eigenvalue weighted by Gasteiger charge is 2.24. The van der Waals surface area contributed by atoms with Crippen LogP contribution in [0.15, 0.2) is 71.3 Å². The maximum Gasteiger partial charge on any atom is 0.322 e. The van der Waals surface area contributed by atoms with Crippen LogP contribution in [-0.4, -0.2) is 79.1 Å². The molecule has 202 valence electrons. The summed E-state index contributed by atoms with van der Waals surface area (Å²) in [4.78, 5) is 32.5. The third kappa shape index (κ3) is 8.23. The number of hydrogen-bond acceptors (Lipinski definition) is 5. The van der Waals surface area contributed by atoms with Crippen molar-refractivity contribution in [2.45, 2.75) is 13.0 Å². The molecule has 0 spiro atoms. The molecular weight excluding hydrogens is 527 g/mol. The lowest BCUT2D eigenvalue weighted by atomic mass is 10.1. The third-order valence-electron chi connectivity index (χ3n) is 6.39. The number of urea groups is 1. The van der Waals surface area contributed by atoms with Crippen LogP contribution in [0.4, 0.5) is 10.5 Å². The van der Waals surface area contributed by atoms with Crippen molar-refractivity contribution in [1.82, 2.24) is 14.7 Å². The zero-order valence-electron chi connectivity index (χ0n) is 21.2. The zero-order valence-corrected chi connectivity index (χ0v) is 22.7. The van der Waals surface area contributed by atoms with Crippen molar-refractivity contribution in [3.05, 3.63) is 88.3 Å². The van der Waals surface area contributed by atoms with E-state index < -0.39 is 6.03 Å². The largest absolute Gasteiger partial charge is 0.467 e. The van der Waals surface area contributed by atoms with Crippen LogP contribution in [0.3, 0.4) is 0 Å². The van der Waals surface area contributed by atoms with Gasteiger partial charge in [-0.2, -0.15) is 0 Å². The van der Waals surface area contributed by atoms with Crippen molar-refractivity contribution >= 4 is 40.8 Å². The lowest BCUT2D eigenvalue weighted by molar-refractivity contribution is -0.132. The maximum atomic E-state index is 13.6. The lowest BCUT2D eigenvalue weighted by Gasteiger charge is -2.31. The number of halogens is 2. The van der Waals surface area contributed by atoms with Crippen molar-refractivity contribution in [1.29, 1.82) is 0 Å². The number of nitrogens with zero attached hydrogens (tertiary/aromatic N) is 3. The first-order valence-electron chi connectivity index (χ1n) is 12.6. The SMILES string of the molecule is O=C(CN(CCN1CCOCC1)C(=O)Nc1c(Cl)cccc1Cl)N(CCc1ccccc1)Cc1ccco1. The number of hydrogen-bond donors (Lipinski definition) is 1. The van der Waals surface area contributed by atoms with Crippen molar-refractivity contribution in [2.75, 3.05) is 57.8 Å². The highest BCUT2D eigenvalue weighted by Crippen LogP contribution is 2.30. The minimum atomic E-state index is -0.442. The van der Waals surface area contributed by atoms with E-state index in [0.29, 0.717) is 67.3 Å². The Morgan fingerprint density at radius 3 is 2.32 bits per heavy atom. The summed E-state index contributed by atoms with van der Waals surface area (Å²) < 4.78 is 11.0. The van der Waals surface area contributed by atoms with E-state index in [-0.39, 0.29) is 12.5 Å². The fourth-order valence-corrected chi connectivity index (χ4v) is 4.69. The van der Waals surface area contributed by atoms with E-state index in [2.05, 4.69) is 10.2 Å². The minimum absolute atomic E-state index is 0.103. The van der Waals surface area contributed by atoms with Crippen LogP contribution in [0.5, 0.6) is 0 Å². The normalized spacial score (nSPS) is 13.7. The Morgan fingerprint density at radius 2 is 1.63 bits per heavy atom. The van der Waals surface area contributed by atoms with Crippen LogP contribution in [0, 0.1) is 0 Å². The van der Waals surface area contributed by atoms with E-state index in [1.165, 1.54) is 4.90 Å². The summed E-state index contributed by atoms with van der Waals surface area (Å²) in [6.07, 6.45) is 2.27. The maximum absolute atomic E-state index is 13.6. The van der Waals surface area contributed by atoms with Gasteiger partial charge in [-0.15, -0.1) is 0 Å². The van der Waals surface area contributed by atoms with Gasteiger partial charge in [0, 0.05) is 32.7 Å². The first-order valence-corrected chi connectivity index (χ1v) is 13.4. The average molecular weight is 559 g/mol. The zero-order chi connectivity index (χ0) is 26.7. The Labute approximate surface area is 233 Å². The first kappa shape index (κ1) is 28.0. The van der Waals surface area contributed by atoms with Crippen molar-refractivity contribution < 1.29 is 18.7 Å². The summed E-state index contributed by atoms with van der Waals surface area (Å²) in [5.41, 5.74) is 1.45. The molecule has 0 aliphatic carbocycles. The minimum Gasteiger partial charge on any atom is -0.467 e. The summed E-state index contributed by atoms with van der Waals surface area (Å²) in [6.45, 7) is 4.52. The van der Waals surface area contributed by atoms with E-state index in [9.17, 15) is 9.59 Å². The number of morpholine rings is 1. The number of rotatable bonds is 11. The van der Waals surface area contributed by atoms with Gasteiger partial charge < -0.3 is 24.3 Å². The molecule has 0 unspecified atom stereocenters. The predicted octanol–water partition coefficient (Wildman–Crippen LogP) is 5.02. The van der Waals surface area contributed by atoms with Crippen LogP contribution in [0.2, 0.25) is 10.0 Å². The molecule has 1 aliphatic heterocycles. The molecule has 2 aromatic carbocycles. The highest BCUT2D eigenvalue weighted by molar-refractivity contribution is 6.39. The van der Waals surface area contributed by atoms with Crippen LogP contribution in [0.1, 0.15) is 11.3 Å². The van der Waals surface area contributed by atoms with Gasteiger partial charge in [0.15, 0.2) is 0 Å².